The second-order valence-corrected chi connectivity index (χ2v) is 10.3. The van der Waals surface area contributed by atoms with Crippen molar-refractivity contribution in [1.29, 1.82) is 0 Å². The largest absolute Gasteiger partial charge is 0.490 e. The van der Waals surface area contributed by atoms with Crippen LogP contribution in [0.2, 0.25) is 0 Å². The normalized spacial score (nSPS) is 14.4. The number of fused-ring (bicyclic) bond motifs is 2. The lowest BCUT2D eigenvalue weighted by Gasteiger charge is -2.32. The Kier molecular flexibility index (Phi) is 9.09. The molecule has 12 heteroatoms. The Hall–Kier alpha value is -2.96. The van der Waals surface area contributed by atoms with E-state index >= 15 is 0 Å². The molecule has 36 heavy (non-hydrogen) atoms. The first-order valence-electron chi connectivity index (χ1n) is 11.0. The molecule has 1 aliphatic heterocycles. The monoisotopic (exact) mass is 541 g/mol. The van der Waals surface area contributed by atoms with Crippen molar-refractivity contribution in [3.05, 3.63) is 57.1 Å². The summed E-state index contributed by atoms with van der Waals surface area (Å²) < 4.78 is 32.9. The van der Waals surface area contributed by atoms with Crippen LogP contribution in [0.25, 0.3) is 10.1 Å². The maximum absolute atomic E-state index is 12.5. The van der Waals surface area contributed by atoms with Gasteiger partial charge in [-0.1, -0.05) is 18.2 Å². The summed E-state index contributed by atoms with van der Waals surface area (Å²) in [5.41, 5.74) is 2.46. The van der Waals surface area contributed by atoms with Gasteiger partial charge in [-0.05, 0) is 52.8 Å². The number of carboxylic acid groups (broad SMARTS) is 1. The molecule has 0 fully saturated rings. The van der Waals surface area contributed by atoms with Crippen LogP contribution in [0, 0.1) is 0 Å². The number of hydrogen-bond acceptors (Lipinski definition) is 6. The third-order valence-electron chi connectivity index (χ3n) is 5.77. The number of halogens is 3. The fourth-order valence-corrected chi connectivity index (χ4v) is 5.59. The van der Waals surface area contributed by atoms with Crippen LogP contribution in [0.15, 0.2) is 41.1 Å². The van der Waals surface area contributed by atoms with Crippen molar-refractivity contribution in [3.63, 3.8) is 0 Å². The zero-order chi connectivity index (χ0) is 26.5. The number of aliphatic carboxylic acids is 1. The van der Waals surface area contributed by atoms with Gasteiger partial charge in [-0.15, -0.1) is 22.7 Å². The minimum absolute atomic E-state index is 0.186. The third-order valence-corrected chi connectivity index (χ3v) is 7.81. The molecule has 0 aliphatic carbocycles. The highest BCUT2D eigenvalue weighted by Gasteiger charge is 2.38. The molecular formula is C24H26F3N3O4S2. The molecule has 2 aromatic heterocycles. The number of rotatable bonds is 5. The van der Waals surface area contributed by atoms with Crippen LogP contribution >= 0.6 is 22.7 Å². The number of carboxylic acids is 1. The number of nitrogens with zero attached hydrogens (tertiary/aromatic N) is 2. The second kappa shape index (κ2) is 11.8. The molecule has 0 radical (unpaired) electrons. The van der Waals surface area contributed by atoms with E-state index in [0.717, 1.165) is 30.5 Å². The highest BCUT2D eigenvalue weighted by Crippen LogP contribution is 2.27. The van der Waals surface area contributed by atoms with Crippen LogP contribution in [-0.2, 0) is 33.9 Å². The summed E-state index contributed by atoms with van der Waals surface area (Å²) >= 11 is 3.48. The molecule has 1 atom stereocenters. The Bertz CT molecular complexity index is 1220. The van der Waals surface area contributed by atoms with E-state index in [0.29, 0.717) is 13.1 Å². The number of hydrogen-bond donors (Lipinski definition) is 2. The second-order valence-electron chi connectivity index (χ2n) is 8.37. The Labute approximate surface area is 214 Å². The lowest BCUT2D eigenvalue weighted by Crippen LogP contribution is -2.47. The molecule has 0 saturated carbocycles. The molecule has 4 rings (SSSR count). The van der Waals surface area contributed by atoms with Crippen molar-refractivity contribution in [2.45, 2.75) is 38.7 Å². The van der Waals surface area contributed by atoms with Crippen molar-refractivity contribution >= 4 is 50.5 Å². The highest BCUT2D eigenvalue weighted by atomic mass is 32.1. The first kappa shape index (κ1) is 27.6. The third kappa shape index (κ3) is 7.05. The Balaban J connectivity index is 0.000000454. The van der Waals surface area contributed by atoms with Crippen molar-refractivity contribution in [2.75, 3.05) is 20.1 Å². The standard InChI is InChI=1S/C22H25N3O2S2.C2HF3O2/c1-15(25-9-7-19-16(13-25)8-10-28-19)11-23-21(26)22(27)24(2)12-17-14-29-20-6-4-3-5-18(17)20;3-2(4,5)1(6)7/h3-6,8,10,14-15H,7,9,11-13H2,1-2H3,(H,23,26);(H,6,7). The minimum Gasteiger partial charge on any atom is -0.475 e. The molecule has 0 bridgehead atoms. The maximum Gasteiger partial charge on any atom is 0.490 e. The lowest BCUT2D eigenvalue weighted by atomic mass is 10.1. The average Bonchev–Trinajstić information content (AvgIpc) is 3.48. The zero-order valence-corrected chi connectivity index (χ0v) is 21.3. The van der Waals surface area contributed by atoms with Gasteiger partial charge in [0.05, 0.1) is 0 Å². The summed E-state index contributed by atoms with van der Waals surface area (Å²) in [4.78, 5) is 39.2. The highest BCUT2D eigenvalue weighted by molar-refractivity contribution is 7.17. The Morgan fingerprint density at radius 1 is 1.19 bits per heavy atom. The number of amides is 2. The summed E-state index contributed by atoms with van der Waals surface area (Å²) in [7, 11) is 1.68. The summed E-state index contributed by atoms with van der Waals surface area (Å²) in [6.45, 7) is 4.90. The Morgan fingerprint density at radius 3 is 2.58 bits per heavy atom. The topological polar surface area (TPSA) is 90.0 Å². The molecular weight excluding hydrogens is 515 g/mol. The van der Waals surface area contributed by atoms with Gasteiger partial charge in [-0.2, -0.15) is 13.2 Å². The van der Waals surface area contributed by atoms with Gasteiger partial charge in [0, 0.05) is 48.8 Å². The molecule has 1 unspecified atom stereocenters. The molecule has 3 heterocycles. The Morgan fingerprint density at radius 2 is 1.89 bits per heavy atom. The van der Waals surface area contributed by atoms with E-state index in [1.54, 1.807) is 18.4 Å². The van der Waals surface area contributed by atoms with Gasteiger partial charge in [-0.3, -0.25) is 14.5 Å². The van der Waals surface area contributed by atoms with Crippen LogP contribution < -0.4 is 5.32 Å². The van der Waals surface area contributed by atoms with Gasteiger partial charge in [-0.25, -0.2) is 4.79 Å². The average molecular weight is 542 g/mol. The van der Waals surface area contributed by atoms with Gasteiger partial charge in [0.25, 0.3) is 0 Å². The van der Waals surface area contributed by atoms with E-state index in [-0.39, 0.29) is 6.04 Å². The zero-order valence-electron chi connectivity index (χ0n) is 19.7. The number of carbonyl (C=O) groups is 3. The SMILES string of the molecule is CC(CNC(=O)C(=O)N(C)Cc1csc2ccccc12)N1CCc2sccc2C1.O=C(O)C(F)(F)F. The van der Waals surface area contributed by atoms with Crippen LogP contribution in [0.3, 0.4) is 0 Å². The molecule has 2 N–H and O–H groups in total. The van der Waals surface area contributed by atoms with Crippen LogP contribution in [0.4, 0.5) is 13.2 Å². The number of carbonyl (C=O) groups excluding carboxylic acids is 2. The fraction of sp³-hybridized carbons (Fsp3) is 0.375. The van der Waals surface area contributed by atoms with Crippen LogP contribution in [-0.4, -0.2) is 65.0 Å². The van der Waals surface area contributed by atoms with Crippen LogP contribution in [0.1, 0.15) is 22.9 Å². The number of alkyl halides is 3. The van der Waals surface area contributed by atoms with Gasteiger partial charge < -0.3 is 15.3 Å². The number of benzene rings is 1. The summed E-state index contributed by atoms with van der Waals surface area (Å²) in [5, 5.41) is 15.3. The molecule has 0 saturated heterocycles. The van der Waals surface area contributed by atoms with Gasteiger partial charge in [0.1, 0.15) is 0 Å². The summed E-state index contributed by atoms with van der Waals surface area (Å²) in [6, 6.07) is 10.5. The van der Waals surface area contributed by atoms with Gasteiger partial charge in [0.2, 0.25) is 0 Å². The van der Waals surface area contributed by atoms with E-state index in [4.69, 9.17) is 9.90 Å². The molecule has 7 nitrogen and oxygen atoms in total. The van der Waals surface area contributed by atoms with E-state index in [2.05, 4.69) is 46.1 Å². The fourth-order valence-electron chi connectivity index (χ4n) is 3.75. The molecule has 194 valence electrons. The minimum atomic E-state index is -5.08. The molecule has 3 aromatic rings. The molecule has 2 amide bonds. The number of likely N-dealkylation sites (N-methyl/N-ethyl adjacent to an activating group) is 1. The van der Waals surface area contributed by atoms with Crippen molar-refractivity contribution in [3.8, 4) is 0 Å². The van der Waals surface area contributed by atoms with E-state index in [1.165, 1.54) is 20.0 Å². The number of nitrogens with one attached hydrogen (secondary N) is 1. The van der Waals surface area contributed by atoms with E-state index in [9.17, 15) is 22.8 Å². The van der Waals surface area contributed by atoms with E-state index < -0.39 is 24.0 Å². The first-order valence-corrected chi connectivity index (χ1v) is 12.8. The quantitative estimate of drug-likeness (QED) is 0.475. The van der Waals surface area contributed by atoms with Crippen molar-refractivity contribution < 1.29 is 32.7 Å². The maximum atomic E-state index is 12.5. The first-order chi connectivity index (χ1) is 17.0. The van der Waals surface area contributed by atoms with Crippen LogP contribution in [0.5, 0.6) is 0 Å². The summed E-state index contributed by atoms with van der Waals surface area (Å²) in [6.07, 6.45) is -4.03. The molecule has 1 aliphatic rings. The molecule has 1 aromatic carbocycles. The van der Waals surface area contributed by atoms with Crippen molar-refractivity contribution in [2.24, 2.45) is 0 Å². The van der Waals surface area contributed by atoms with Crippen molar-refractivity contribution in [1.82, 2.24) is 15.1 Å². The number of thiophene rings is 2. The smallest absolute Gasteiger partial charge is 0.475 e. The predicted octanol–water partition coefficient (Wildman–Crippen LogP) is 4.12. The lowest BCUT2D eigenvalue weighted by molar-refractivity contribution is -0.192. The molecule has 0 spiro atoms. The van der Waals surface area contributed by atoms with E-state index in [1.807, 2.05) is 23.5 Å². The summed E-state index contributed by atoms with van der Waals surface area (Å²) in [5.74, 6) is -3.79. The van der Waals surface area contributed by atoms with Gasteiger partial charge >= 0.3 is 24.0 Å². The predicted molar refractivity (Wildman–Crippen MR) is 133 cm³/mol. The van der Waals surface area contributed by atoms with Gasteiger partial charge in [0.15, 0.2) is 0 Å².